The summed E-state index contributed by atoms with van der Waals surface area (Å²) < 4.78 is 17.1. The van der Waals surface area contributed by atoms with Gasteiger partial charge in [-0.1, -0.05) is 6.07 Å². The van der Waals surface area contributed by atoms with Gasteiger partial charge in [0.15, 0.2) is 0 Å². The number of benzene rings is 2. The Morgan fingerprint density at radius 1 is 1.18 bits per heavy atom. The van der Waals surface area contributed by atoms with Crippen LogP contribution >= 0.6 is 0 Å². The van der Waals surface area contributed by atoms with E-state index in [1.165, 1.54) is 0 Å². The average Bonchev–Trinajstić information content (AvgIpc) is 3.62. The van der Waals surface area contributed by atoms with Crippen LogP contribution < -0.4 is 14.8 Å². The minimum atomic E-state index is 0.0168. The summed E-state index contributed by atoms with van der Waals surface area (Å²) in [6, 6.07) is 16.0. The van der Waals surface area contributed by atoms with Gasteiger partial charge in [-0.15, -0.1) is 0 Å². The number of carbonyl (C=O) groups is 1. The first kappa shape index (κ1) is 25.3. The first-order chi connectivity index (χ1) is 19.1. The van der Waals surface area contributed by atoms with Crippen molar-refractivity contribution in [3.8, 4) is 28.8 Å². The molecule has 3 fully saturated rings. The lowest BCUT2D eigenvalue weighted by Crippen LogP contribution is -2.46. The molecule has 1 amide bonds. The van der Waals surface area contributed by atoms with Crippen LogP contribution in [-0.4, -0.2) is 72.4 Å². The van der Waals surface area contributed by atoms with E-state index in [2.05, 4.69) is 16.4 Å². The molecular weight excluding hydrogens is 494 g/mol. The monoisotopic (exact) mass is 525 g/mol. The summed E-state index contributed by atoms with van der Waals surface area (Å²) in [5.74, 6) is 1.80. The number of ether oxygens (including phenoxy) is 3. The van der Waals surface area contributed by atoms with Crippen molar-refractivity contribution in [2.24, 2.45) is 0 Å². The molecule has 2 bridgehead atoms. The van der Waals surface area contributed by atoms with Gasteiger partial charge < -0.3 is 24.4 Å². The number of piperazine rings is 1. The molecule has 6 rings (SSSR count). The van der Waals surface area contributed by atoms with Gasteiger partial charge in [-0.25, -0.2) is 9.97 Å². The maximum Gasteiger partial charge on any atom is 0.257 e. The second kappa shape index (κ2) is 11.0. The highest BCUT2D eigenvalue weighted by Crippen LogP contribution is 2.30. The fourth-order valence-corrected chi connectivity index (χ4v) is 5.67. The molecule has 9 nitrogen and oxygen atoms in total. The molecule has 200 valence electrons. The molecule has 2 unspecified atom stereocenters. The molecule has 1 N–H and O–H groups in total. The Morgan fingerprint density at radius 2 is 2.05 bits per heavy atom. The fraction of sp³-hybridized carbons (Fsp3) is 0.400. The van der Waals surface area contributed by atoms with Gasteiger partial charge in [-0.3, -0.25) is 4.79 Å². The van der Waals surface area contributed by atoms with Gasteiger partial charge in [0.1, 0.15) is 29.5 Å². The summed E-state index contributed by atoms with van der Waals surface area (Å²) in [5.41, 5.74) is 3.55. The van der Waals surface area contributed by atoms with Gasteiger partial charge in [-0.2, -0.15) is 5.26 Å². The number of hydrogen-bond acceptors (Lipinski definition) is 8. The van der Waals surface area contributed by atoms with E-state index in [1.54, 1.807) is 13.3 Å². The summed E-state index contributed by atoms with van der Waals surface area (Å²) in [5, 5.41) is 13.2. The van der Waals surface area contributed by atoms with Gasteiger partial charge >= 0.3 is 0 Å². The topological polar surface area (TPSA) is 110 Å². The Kier molecular flexibility index (Phi) is 7.14. The van der Waals surface area contributed by atoms with Gasteiger partial charge in [-0.05, 0) is 48.4 Å². The fourth-order valence-electron chi connectivity index (χ4n) is 5.67. The van der Waals surface area contributed by atoms with Crippen molar-refractivity contribution in [1.82, 2.24) is 20.2 Å². The van der Waals surface area contributed by atoms with Crippen molar-refractivity contribution < 1.29 is 19.0 Å². The normalized spacial score (nSPS) is 20.6. The molecule has 1 aromatic heterocycles. The lowest BCUT2D eigenvalue weighted by atomic mass is 10.0. The van der Waals surface area contributed by atoms with E-state index in [9.17, 15) is 10.1 Å². The molecule has 3 aromatic rings. The third-order valence-corrected chi connectivity index (χ3v) is 7.74. The molecule has 39 heavy (non-hydrogen) atoms. The van der Waals surface area contributed by atoms with E-state index in [4.69, 9.17) is 19.2 Å². The Labute approximate surface area is 227 Å². The molecule has 0 spiro atoms. The van der Waals surface area contributed by atoms with E-state index >= 15 is 0 Å². The van der Waals surface area contributed by atoms with Gasteiger partial charge in [0.25, 0.3) is 5.91 Å². The Bertz CT molecular complexity index is 1410. The van der Waals surface area contributed by atoms with Crippen LogP contribution in [0.5, 0.6) is 11.5 Å². The van der Waals surface area contributed by atoms with Crippen molar-refractivity contribution >= 4 is 5.91 Å². The van der Waals surface area contributed by atoms with Crippen LogP contribution in [0.2, 0.25) is 0 Å². The number of fused-ring (bicyclic) bond motifs is 2. The molecular formula is C30H31N5O4. The predicted molar refractivity (Wildman–Crippen MR) is 144 cm³/mol. The molecule has 9 heteroatoms. The highest BCUT2D eigenvalue weighted by molar-refractivity contribution is 5.97. The van der Waals surface area contributed by atoms with Gasteiger partial charge in [0, 0.05) is 56.2 Å². The summed E-state index contributed by atoms with van der Waals surface area (Å²) in [6.45, 7) is 2.95. The van der Waals surface area contributed by atoms with Crippen molar-refractivity contribution in [2.45, 2.75) is 43.9 Å². The van der Waals surface area contributed by atoms with Crippen LogP contribution in [0.15, 0.2) is 48.7 Å². The summed E-state index contributed by atoms with van der Waals surface area (Å²) in [4.78, 5) is 24.4. The van der Waals surface area contributed by atoms with Crippen molar-refractivity contribution in [2.75, 3.05) is 33.4 Å². The van der Waals surface area contributed by atoms with Crippen LogP contribution in [0.3, 0.4) is 0 Å². The molecule has 0 saturated carbocycles. The third kappa shape index (κ3) is 5.31. The Hall–Kier alpha value is -4.00. The first-order valence-electron chi connectivity index (χ1n) is 13.4. The largest absolute Gasteiger partial charge is 0.496 e. The number of nitrogens with one attached hydrogen (secondary N) is 1. The third-order valence-electron chi connectivity index (χ3n) is 7.74. The highest BCUT2D eigenvalue weighted by atomic mass is 16.5. The maximum absolute atomic E-state index is 13.2. The van der Waals surface area contributed by atoms with Crippen LogP contribution in [0, 0.1) is 11.3 Å². The number of carbonyl (C=O) groups excluding carboxylic acids is 1. The summed E-state index contributed by atoms with van der Waals surface area (Å²) in [7, 11) is 1.59. The molecule has 2 atom stereocenters. The number of rotatable bonds is 7. The Morgan fingerprint density at radius 3 is 2.79 bits per heavy atom. The van der Waals surface area contributed by atoms with E-state index in [1.807, 2.05) is 47.4 Å². The molecule has 3 aliphatic heterocycles. The molecule has 3 saturated heterocycles. The van der Waals surface area contributed by atoms with Crippen LogP contribution in [0.4, 0.5) is 0 Å². The van der Waals surface area contributed by atoms with Crippen LogP contribution in [0.25, 0.3) is 11.3 Å². The lowest BCUT2D eigenvalue weighted by molar-refractivity contribution is 0.0254. The second-order valence-electron chi connectivity index (χ2n) is 10.3. The maximum atomic E-state index is 13.2. The second-order valence-corrected chi connectivity index (χ2v) is 10.3. The molecule has 3 aliphatic rings. The van der Waals surface area contributed by atoms with Gasteiger partial charge in [0.05, 0.1) is 37.1 Å². The average molecular weight is 526 g/mol. The number of nitriles is 1. The minimum absolute atomic E-state index is 0.0168. The minimum Gasteiger partial charge on any atom is -0.496 e. The number of methoxy groups -OCH3 is 1. The van der Waals surface area contributed by atoms with E-state index in [-0.39, 0.29) is 18.1 Å². The van der Waals surface area contributed by atoms with Crippen molar-refractivity contribution in [1.29, 1.82) is 5.26 Å². The molecule has 0 radical (unpaired) electrons. The lowest BCUT2D eigenvalue weighted by Gasteiger charge is -2.28. The number of amides is 1. The zero-order valence-corrected chi connectivity index (χ0v) is 21.9. The van der Waals surface area contributed by atoms with Crippen molar-refractivity contribution in [3.05, 3.63) is 71.2 Å². The number of likely N-dealkylation sites (tertiary alicyclic amines) is 1. The molecule has 4 heterocycles. The quantitative estimate of drug-likeness (QED) is 0.500. The number of aromatic nitrogens is 2. The molecule has 0 aliphatic carbocycles. The SMILES string of the molecule is COc1cc(Cc2nccc(-c3ccc(OC4CCOCC4)c(C#N)c3)n2)ccc1C(=O)N1CC2CC1CN2. The van der Waals surface area contributed by atoms with Crippen LogP contribution in [0.1, 0.15) is 46.6 Å². The zero-order chi connectivity index (χ0) is 26.8. The van der Waals surface area contributed by atoms with E-state index < -0.39 is 0 Å². The summed E-state index contributed by atoms with van der Waals surface area (Å²) >= 11 is 0. The van der Waals surface area contributed by atoms with Gasteiger partial charge in [0.2, 0.25) is 0 Å². The van der Waals surface area contributed by atoms with Crippen LogP contribution in [-0.2, 0) is 11.2 Å². The number of hydrogen-bond donors (Lipinski definition) is 1. The zero-order valence-electron chi connectivity index (χ0n) is 21.9. The number of nitrogens with zero attached hydrogens (tertiary/aromatic N) is 4. The standard InChI is InChI=1S/C30H31N5O4/c1-37-28-12-19(2-4-25(28)30(36)35-18-22-15-23(35)17-33-22)13-29-32-9-6-26(34-29)20-3-5-27(21(14-20)16-31)39-24-7-10-38-11-8-24/h2-6,9,12,14,22-24,33H,7-8,10-11,13,15,17-18H2,1H3. The van der Waals surface area contributed by atoms with E-state index in [0.717, 1.165) is 49.2 Å². The van der Waals surface area contributed by atoms with Crippen molar-refractivity contribution in [3.63, 3.8) is 0 Å². The predicted octanol–water partition coefficient (Wildman–Crippen LogP) is 3.36. The van der Waals surface area contributed by atoms with E-state index in [0.29, 0.717) is 54.1 Å². The smallest absolute Gasteiger partial charge is 0.257 e. The molecule has 2 aromatic carbocycles. The Balaban J connectivity index is 1.18. The first-order valence-corrected chi connectivity index (χ1v) is 13.4. The summed E-state index contributed by atoms with van der Waals surface area (Å²) in [6.07, 6.45) is 4.91. The highest BCUT2D eigenvalue weighted by Gasteiger charge is 2.40.